The maximum Gasteiger partial charge on any atom is 0.306 e. The quantitative estimate of drug-likeness (QED) is 0.546. The zero-order valence-electron chi connectivity index (χ0n) is 11.3. The summed E-state index contributed by atoms with van der Waals surface area (Å²) in [5.41, 5.74) is 0. The molecule has 17 heavy (non-hydrogen) atoms. The summed E-state index contributed by atoms with van der Waals surface area (Å²) in [5.74, 6) is -1.12. The number of aliphatic hydroxyl groups excluding tert-OH is 1. The molecule has 3 nitrogen and oxygen atoms in total. The van der Waals surface area contributed by atoms with Crippen LogP contribution < -0.4 is 0 Å². The van der Waals surface area contributed by atoms with E-state index in [2.05, 4.69) is 6.92 Å². The van der Waals surface area contributed by atoms with Gasteiger partial charge in [0.1, 0.15) is 0 Å². The number of aliphatic carboxylic acids is 1. The third-order valence-corrected chi connectivity index (χ3v) is 3.28. The molecule has 102 valence electrons. The molecule has 0 amide bonds. The standard InChI is InChI=1S/C14H28O3/c1-3-5-6-7-8-9-10-12(14(16)17)11-13(15)4-2/h12-13,15H,3-11H2,1-2H3,(H,16,17). The van der Waals surface area contributed by atoms with Gasteiger partial charge in [-0.3, -0.25) is 4.79 Å². The largest absolute Gasteiger partial charge is 0.481 e. The summed E-state index contributed by atoms with van der Waals surface area (Å²) in [5, 5.41) is 18.5. The topological polar surface area (TPSA) is 57.5 Å². The molecule has 0 saturated carbocycles. The Kier molecular flexibility index (Phi) is 10.2. The first-order valence-corrected chi connectivity index (χ1v) is 7.02. The van der Waals surface area contributed by atoms with Crippen molar-refractivity contribution in [1.29, 1.82) is 0 Å². The lowest BCUT2D eigenvalue weighted by atomic mass is 9.94. The van der Waals surface area contributed by atoms with Gasteiger partial charge in [-0.25, -0.2) is 0 Å². The fourth-order valence-corrected chi connectivity index (χ4v) is 2.01. The van der Waals surface area contributed by atoms with Gasteiger partial charge in [0.25, 0.3) is 0 Å². The molecule has 0 bridgehead atoms. The van der Waals surface area contributed by atoms with Crippen LogP contribution in [-0.2, 0) is 4.79 Å². The number of rotatable bonds is 11. The van der Waals surface area contributed by atoms with E-state index in [9.17, 15) is 9.90 Å². The van der Waals surface area contributed by atoms with E-state index in [1.54, 1.807) is 0 Å². The van der Waals surface area contributed by atoms with E-state index in [1.165, 1.54) is 25.7 Å². The van der Waals surface area contributed by atoms with E-state index in [0.29, 0.717) is 19.3 Å². The van der Waals surface area contributed by atoms with Crippen LogP contribution in [0.2, 0.25) is 0 Å². The molecule has 0 aromatic heterocycles. The summed E-state index contributed by atoms with van der Waals surface area (Å²) in [7, 11) is 0. The van der Waals surface area contributed by atoms with Crippen LogP contribution >= 0.6 is 0 Å². The molecule has 0 heterocycles. The van der Waals surface area contributed by atoms with E-state index in [0.717, 1.165) is 12.8 Å². The van der Waals surface area contributed by atoms with Gasteiger partial charge in [-0.15, -0.1) is 0 Å². The van der Waals surface area contributed by atoms with Gasteiger partial charge in [0.2, 0.25) is 0 Å². The fourth-order valence-electron chi connectivity index (χ4n) is 2.01. The number of carbonyl (C=O) groups is 1. The van der Waals surface area contributed by atoms with Gasteiger partial charge in [0, 0.05) is 0 Å². The second-order valence-electron chi connectivity index (χ2n) is 4.89. The molecule has 0 aliphatic heterocycles. The predicted octanol–water partition coefficient (Wildman–Crippen LogP) is 3.60. The number of aliphatic hydroxyl groups is 1. The number of carboxylic acid groups (broad SMARTS) is 1. The summed E-state index contributed by atoms with van der Waals surface area (Å²) in [6.45, 7) is 4.07. The lowest BCUT2D eigenvalue weighted by Crippen LogP contribution is -2.20. The highest BCUT2D eigenvalue weighted by molar-refractivity contribution is 5.69. The SMILES string of the molecule is CCCCCCCCC(CC(O)CC)C(=O)O. The summed E-state index contributed by atoms with van der Waals surface area (Å²) in [6.07, 6.45) is 8.35. The van der Waals surface area contributed by atoms with E-state index < -0.39 is 12.1 Å². The summed E-state index contributed by atoms with van der Waals surface area (Å²) in [6, 6.07) is 0. The van der Waals surface area contributed by atoms with E-state index in [1.807, 2.05) is 6.92 Å². The highest BCUT2D eigenvalue weighted by Crippen LogP contribution is 2.18. The molecule has 0 radical (unpaired) electrons. The number of unbranched alkanes of at least 4 members (excludes halogenated alkanes) is 5. The average molecular weight is 244 g/mol. The Balaban J connectivity index is 3.67. The highest BCUT2D eigenvalue weighted by Gasteiger charge is 2.19. The summed E-state index contributed by atoms with van der Waals surface area (Å²) < 4.78 is 0. The first-order chi connectivity index (χ1) is 8.11. The van der Waals surface area contributed by atoms with E-state index in [-0.39, 0.29) is 5.92 Å². The van der Waals surface area contributed by atoms with Crippen LogP contribution in [0.3, 0.4) is 0 Å². The molecule has 2 unspecified atom stereocenters. The van der Waals surface area contributed by atoms with Gasteiger partial charge in [0.15, 0.2) is 0 Å². The molecular formula is C14H28O3. The fraction of sp³-hybridized carbons (Fsp3) is 0.929. The van der Waals surface area contributed by atoms with Crippen LogP contribution in [0.25, 0.3) is 0 Å². The van der Waals surface area contributed by atoms with E-state index in [4.69, 9.17) is 5.11 Å². The van der Waals surface area contributed by atoms with Crippen LogP contribution in [0.1, 0.15) is 71.6 Å². The van der Waals surface area contributed by atoms with Crippen LogP contribution in [0, 0.1) is 5.92 Å². The Morgan fingerprint density at radius 1 is 1.06 bits per heavy atom. The molecule has 0 saturated heterocycles. The zero-order chi connectivity index (χ0) is 13.1. The predicted molar refractivity (Wildman–Crippen MR) is 70.0 cm³/mol. The normalized spacial score (nSPS) is 14.5. The molecular weight excluding hydrogens is 216 g/mol. The van der Waals surface area contributed by atoms with Crippen molar-refractivity contribution >= 4 is 5.97 Å². The maximum atomic E-state index is 11.0. The first kappa shape index (κ1) is 16.4. The van der Waals surface area contributed by atoms with Crippen molar-refractivity contribution in [2.45, 2.75) is 77.7 Å². The van der Waals surface area contributed by atoms with Gasteiger partial charge in [-0.2, -0.15) is 0 Å². The van der Waals surface area contributed by atoms with Gasteiger partial charge in [-0.05, 0) is 19.3 Å². The lowest BCUT2D eigenvalue weighted by molar-refractivity contribution is -0.143. The highest BCUT2D eigenvalue weighted by atomic mass is 16.4. The maximum absolute atomic E-state index is 11.0. The molecule has 3 heteroatoms. The molecule has 0 aromatic carbocycles. The molecule has 0 aromatic rings. The van der Waals surface area contributed by atoms with E-state index >= 15 is 0 Å². The third-order valence-electron chi connectivity index (χ3n) is 3.28. The van der Waals surface area contributed by atoms with Crippen LogP contribution in [0.15, 0.2) is 0 Å². The van der Waals surface area contributed by atoms with Crippen molar-refractivity contribution in [3.8, 4) is 0 Å². The Hall–Kier alpha value is -0.570. The van der Waals surface area contributed by atoms with Crippen molar-refractivity contribution in [2.75, 3.05) is 0 Å². The van der Waals surface area contributed by atoms with Crippen LogP contribution in [-0.4, -0.2) is 22.3 Å². The molecule has 0 aliphatic rings. The first-order valence-electron chi connectivity index (χ1n) is 7.02. The Bertz CT molecular complexity index is 192. The van der Waals surface area contributed by atoms with Gasteiger partial charge in [0.05, 0.1) is 12.0 Å². The monoisotopic (exact) mass is 244 g/mol. The van der Waals surface area contributed by atoms with Crippen molar-refractivity contribution < 1.29 is 15.0 Å². The Morgan fingerprint density at radius 3 is 2.18 bits per heavy atom. The summed E-state index contributed by atoms with van der Waals surface area (Å²) >= 11 is 0. The van der Waals surface area contributed by atoms with Gasteiger partial charge in [-0.1, -0.05) is 52.4 Å². The molecule has 0 fully saturated rings. The molecule has 2 N–H and O–H groups in total. The molecule has 0 aliphatic carbocycles. The average Bonchev–Trinajstić information content (AvgIpc) is 2.31. The number of hydrogen-bond acceptors (Lipinski definition) is 2. The minimum Gasteiger partial charge on any atom is -0.481 e. The second kappa shape index (κ2) is 10.6. The minimum absolute atomic E-state index is 0.365. The molecule has 2 atom stereocenters. The van der Waals surface area contributed by atoms with Gasteiger partial charge >= 0.3 is 5.97 Å². The number of hydrogen-bond donors (Lipinski definition) is 2. The smallest absolute Gasteiger partial charge is 0.306 e. The van der Waals surface area contributed by atoms with Crippen molar-refractivity contribution in [1.82, 2.24) is 0 Å². The second-order valence-corrected chi connectivity index (χ2v) is 4.89. The van der Waals surface area contributed by atoms with Crippen LogP contribution in [0.5, 0.6) is 0 Å². The third kappa shape index (κ3) is 9.16. The van der Waals surface area contributed by atoms with Crippen LogP contribution in [0.4, 0.5) is 0 Å². The molecule has 0 spiro atoms. The molecule has 0 rings (SSSR count). The number of carboxylic acids is 1. The summed E-state index contributed by atoms with van der Waals surface area (Å²) in [4.78, 5) is 11.0. The van der Waals surface area contributed by atoms with Gasteiger partial charge < -0.3 is 10.2 Å². The lowest BCUT2D eigenvalue weighted by Gasteiger charge is -2.15. The zero-order valence-corrected chi connectivity index (χ0v) is 11.3. The Morgan fingerprint density at radius 2 is 1.65 bits per heavy atom. The minimum atomic E-state index is -0.758. The Labute approximate surface area is 105 Å². The van der Waals surface area contributed by atoms with Crippen molar-refractivity contribution in [2.24, 2.45) is 5.92 Å². The van der Waals surface area contributed by atoms with Crippen molar-refractivity contribution in [3.63, 3.8) is 0 Å². The van der Waals surface area contributed by atoms with Crippen molar-refractivity contribution in [3.05, 3.63) is 0 Å².